The van der Waals surface area contributed by atoms with Crippen LogP contribution in [-0.4, -0.2) is 32.1 Å². The number of rotatable bonds is 2. The number of halogens is 4. The summed E-state index contributed by atoms with van der Waals surface area (Å²) in [4.78, 5) is 11.7. The summed E-state index contributed by atoms with van der Waals surface area (Å²) in [6.07, 6.45) is 3.85. The summed E-state index contributed by atoms with van der Waals surface area (Å²) in [5.74, 6) is -0.810. The number of para-hydroxylation sites is 3. The molecule has 9 nitrogen and oxygen atoms in total. The van der Waals surface area contributed by atoms with E-state index in [0.29, 0.717) is 11.1 Å². The van der Waals surface area contributed by atoms with Crippen molar-refractivity contribution in [3.8, 4) is 0 Å². The van der Waals surface area contributed by atoms with E-state index in [1.165, 1.54) is 30.5 Å². The van der Waals surface area contributed by atoms with Gasteiger partial charge in [0, 0.05) is 26.8 Å². The first-order valence-electron chi connectivity index (χ1n) is 11.5. The summed E-state index contributed by atoms with van der Waals surface area (Å²) >= 11 is 1.67. The fourth-order valence-corrected chi connectivity index (χ4v) is 4.45. The van der Waals surface area contributed by atoms with Crippen LogP contribution in [0.1, 0.15) is 0 Å². The number of anilines is 1. The fourth-order valence-electron chi connectivity index (χ4n) is 3.43. The summed E-state index contributed by atoms with van der Waals surface area (Å²) in [5.41, 5.74) is 8.26. The van der Waals surface area contributed by atoms with Gasteiger partial charge in [0.25, 0.3) is 9.05 Å². The minimum absolute atomic E-state index is 0.110. The van der Waals surface area contributed by atoms with Gasteiger partial charge in [-0.25, -0.2) is 21.4 Å². The average Bonchev–Trinajstić information content (AvgIpc) is 2.97. The molecule has 0 spiro atoms. The van der Waals surface area contributed by atoms with E-state index in [1.54, 1.807) is 12.3 Å². The van der Waals surface area contributed by atoms with Crippen molar-refractivity contribution in [1.29, 1.82) is 0 Å². The third-order valence-electron chi connectivity index (χ3n) is 5.12. The Labute approximate surface area is 251 Å². The first-order chi connectivity index (χ1) is 20.0. The molecule has 3 aromatic carbocycles. The average molecular weight is 653 g/mol. The summed E-state index contributed by atoms with van der Waals surface area (Å²) in [7, 11) is 1.36. The summed E-state index contributed by atoms with van der Waals surface area (Å²) in [6.45, 7) is 0. The number of benzene rings is 3. The Balaban J connectivity index is 0.000000162. The third-order valence-corrected chi connectivity index (χ3v) is 6.89. The van der Waals surface area contributed by atoms with E-state index < -0.39 is 26.2 Å². The zero-order valence-corrected chi connectivity index (χ0v) is 24.2. The second-order valence-corrected chi connectivity index (χ2v) is 11.4. The zero-order valence-electron chi connectivity index (χ0n) is 21.1. The van der Waals surface area contributed by atoms with Gasteiger partial charge < -0.3 is 10.3 Å². The lowest BCUT2D eigenvalue weighted by Gasteiger charge is -2.01. The SMILES string of the molecule is Fc1cnc2ccccc2c1.Nc1cnc2ccccc2c1.O=S(=O)(Cl)c1cccc2cc(F)cnc12.O=S([O-])OCl. The Morgan fingerprint density at radius 2 is 1.24 bits per heavy atom. The van der Waals surface area contributed by atoms with Gasteiger partial charge in [0.2, 0.25) is 0 Å². The van der Waals surface area contributed by atoms with Crippen molar-refractivity contribution >= 4 is 81.4 Å². The van der Waals surface area contributed by atoms with E-state index in [0.717, 1.165) is 28.0 Å². The van der Waals surface area contributed by atoms with Crippen molar-refractivity contribution in [2.45, 2.75) is 4.90 Å². The molecule has 0 aliphatic carbocycles. The molecule has 6 rings (SSSR count). The van der Waals surface area contributed by atoms with Gasteiger partial charge in [0.15, 0.2) is 0 Å². The van der Waals surface area contributed by atoms with Gasteiger partial charge in [-0.15, -0.1) is 0 Å². The third kappa shape index (κ3) is 9.91. The van der Waals surface area contributed by atoms with Gasteiger partial charge in [0.1, 0.15) is 27.9 Å². The number of nitrogen functional groups attached to an aromatic ring is 1. The van der Waals surface area contributed by atoms with E-state index in [2.05, 4.69) is 30.6 Å². The van der Waals surface area contributed by atoms with Crippen LogP contribution in [0.3, 0.4) is 0 Å². The highest BCUT2D eigenvalue weighted by atomic mass is 35.7. The van der Waals surface area contributed by atoms with Crippen molar-refractivity contribution in [2.75, 3.05) is 5.73 Å². The predicted octanol–water partition coefficient (Wildman–Crippen LogP) is 6.44. The molecule has 15 heteroatoms. The van der Waals surface area contributed by atoms with Crippen molar-refractivity contribution < 1.29 is 29.7 Å². The quantitative estimate of drug-likeness (QED) is 0.165. The van der Waals surface area contributed by atoms with Gasteiger partial charge in [0.05, 0.1) is 52.7 Å². The smallest absolute Gasteiger partial charge is 0.263 e. The molecule has 0 saturated carbocycles. The molecule has 0 aliphatic rings. The second-order valence-electron chi connectivity index (χ2n) is 7.99. The zero-order chi connectivity index (χ0) is 30.7. The molecule has 42 heavy (non-hydrogen) atoms. The molecule has 0 bridgehead atoms. The molecule has 0 fully saturated rings. The van der Waals surface area contributed by atoms with Gasteiger partial charge >= 0.3 is 0 Å². The number of hydrogen-bond acceptors (Lipinski definition) is 9. The van der Waals surface area contributed by atoms with Gasteiger partial charge in [-0.2, -0.15) is 3.74 Å². The molecule has 218 valence electrons. The Morgan fingerprint density at radius 1 is 0.762 bits per heavy atom. The first kappa shape index (κ1) is 32.7. The van der Waals surface area contributed by atoms with Crippen LogP contribution in [0.2, 0.25) is 0 Å². The van der Waals surface area contributed by atoms with E-state index in [9.17, 15) is 17.2 Å². The Morgan fingerprint density at radius 3 is 1.81 bits per heavy atom. The lowest BCUT2D eigenvalue weighted by Crippen LogP contribution is -1.94. The standard InChI is InChI=1S/C9H5ClFNO2S.C9H6FN.C9H8N2.ClHO3S/c10-15(13,14)8-3-1-2-6-4-7(11)5-12-9(6)8;2*10-8-5-7-3-1-2-4-9(7)11-6-8;1-4-5(2)3/h1-5H;1-6H;1-6H,10H2;(H,2,3)/p-1. The molecule has 3 heterocycles. The van der Waals surface area contributed by atoms with Gasteiger partial charge in [-0.1, -0.05) is 48.5 Å². The lowest BCUT2D eigenvalue weighted by molar-refractivity contribution is 0.457. The van der Waals surface area contributed by atoms with E-state index in [4.69, 9.17) is 25.2 Å². The Bertz CT molecular complexity index is 1880. The van der Waals surface area contributed by atoms with Crippen molar-refractivity contribution in [1.82, 2.24) is 15.0 Å². The molecular formula is C27H19Cl2F2N4O5S2-. The molecular weight excluding hydrogens is 633 g/mol. The maximum Gasteiger partial charge on any atom is 0.263 e. The maximum atomic E-state index is 12.8. The maximum absolute atomic E-state index is 12.8. The highest BCUT2D eigenvalue weighted by Gasteiger charge is 2.15. The van der Waals surface area contributed by atoms with Crippen LogP contribution in [0, 0.1) is 11.6 Å². The van der Waals surface area contributed by atoms with Gasteiger partial charge in [-0.05, 0) is 36.4 Å². The molecule has 3 aromatic heterocycles. The highest BCUT2D eigenvalue weighted by Crippen LogP contribution is 2.24. The van der Waals surface area contributed by atoms with E-state index in [1.807, 2.05) is 54.6 Å². The van der Waals surface area contributed by atoms with Crippen LogP contribution >= 0.6 is 22.5 Å². The van der Waals surface area contributed by atoms with Crippen LogP contribution in [-0.2, 0) is 24.1 Å². The normalized spacial score (nSPS) is 11.4. The number of fused-ring (bicyclic) bond motifs is 3. The van der Waals surface area contributed by atoms with Crippen LogP contribution in [0.15, 0.2) is 108 Å². The Kier molecular flexibility index (Phi) is 12.0. The summed E-state index contributed by atoms with van der Waals surface area (Å²) in [6, 6.07) is 24.3. The summed E-state index contributed by atoms with van der Waals surface area (Å²) in [5, 5.41) is 2.33. The van der Waals surface area contributed by atoms with Crippen molar-refractivity contribution in [2.24, 2.45) is 0 Å². The highest BCUT2D eigenvalue weighted by molar-refractivity contribution is 8.14. The number of nitrogens with zero attached hydrogens (tertiary/aromatic N) is 3. The topological polar surface area (TPSA) is 148 Å². The van der Waals surface area contributed by atoms with Crippen molar-refractivity contribution in [3.05, 3.63) is 115 Å². The molecule has 0 aliphatic heterocycles. The summed E-state index contributed by atoms with van der Waals surface area (Å²) < 4.78 is 68.9. The Hall–Kier alpha value is -3.85. The number of nitrogens with two attached hydrogens (primary N) is 1. The van der Waals surface area contributed by atoms with Gasteiger partial charge in [-0.3, -0.25) is 15.0 Å². The van der Waals surface area contributed by atoms with Crippen LogP contribution < -0.4 is 5.73 Å². The van der Waals surface area contributed by atoms with Crippen LogP contribution in [0.25, 0.3) is 32.7 Å². The molecule has 1 unspecified atom stereocenters. The monoisotopic (exact) mass is 651 g/mol. The fraction of sp³-hybridized carbons (Fsp3) is 0. The van der Waals surface area contributed by atoms with Crippen molar-refractivity contribution in [3.63, 3.8) is 0 Å². The van der Waals surface area contributed by atoms with E-state index >= 15 is 0 Å². The molecule has 0 saturated heterocycles. The molecule has 0 radical (unpaired) electrons. The van der Waals surface area contributed by atoms with Crippen LogP contribution in [0.4, 0.5) is 14.5 Å². The minimum Gasteiger partial charge on any atom is -0.749 e. The van der Waals surface area contributed by atoms with Crippen LogP contribution in [0.5, 0.6) is 0 Å². The molecule has 1 atom stereocenters. The predicted molar refractivity (Wildman–Crippen MR) is 158 cm³/mol. The lowest BCUT2D eigenvalue weighted by atomic mass is 10.2. The first-order valence-corrected chi connectivity index (χ1v) is 15.1. The minimum atomic E-state index is -3.85. The number of pyridine rings is 3. The molecule has 2 N–H and O–H groups in total. The largest absolute Gasteiger partial charge is 0.749 e. The number of aromatic nitrogens is 3. The molecule has 0 amide bonds. The van der Waals surface area contributed by atoms with E-state index in [-0.39, 0.29) is 16.2 Å². The second kappa shape index (κ2) is 15.4. The molecule has 6 aromatic rings. The number of hydrogen-bond donors (Lipinski definition) is 1.